The molecule has 0 bridgehead atoms. The Hall–Kier alpha value is -1.03. The molecule has 1 aliphatic carbocycles. The summed E-state index contributed by atoms with van der Waals surface area (Å²) in [6.45, 7) is 0.383. The molecule has 0 aliphatic heterocycles. The molecule has 1 aromatic rings. The van der Waals surface area contributed by atoms with Gasteiger partial charge in [-0.2, -0.15) is 0 Å². The lowest BCUT2D eigenvalue weighted by molar-refractivity contribution is 0.452. The summed E-state index contributed by atoms with van der Waals surface area (Å²) >= 11 is 0. The minimum atomic E-state index is -3.91. The predicted molar refractivity (Wildman–Crippen MR) is 80.0 cm³/mol. The van der Waals surface area contributed by atoms with Crippen LogP contribution in [0.15, 0.2) is 28.0 Å². The lowest BCUT2D eigenvalue weighted by atomic mass is 10.1. The van der Waals surface area contributed by atoms with Crippen molar-refractivity contribution >= 4 is 19.9 Å². The third-order valence-electron chi connectivity index (χ3n) is 3.88. The van der Waals surface area contributed by atoms with Crippen LogP contribution in [-0.2, 0) is 19.9 Å². The fourth-order valence-corrected chi connectivity index (χ4v) is 4.77. The molecule has 124 valence electrons. The Morgan fingerprint density at radius 2 is 1.95 bits per heavy atom. The van der Waals surface area contributed by atoms with Crippen molar-refractivity contribution < 1.29 is 21.2 Å². The third-order valence-corrected chi connectivity index (χ3v) is 6.50. The van der Waals surface area contributed by atoms with Gasteiger partial charge in [0.25, 0.3) is 0 Å². The molecule has 0 unspecified atom stereocenters. The topological polar surface area (TPSA) is 106 Å². The molecule has 3 N–H and O–H groups in total. The van der Waals surface area contributed by atoms with Gasteiger partial charge in [-0.3, -0.25) is 0 Å². The summed E-state index contributed by atoms with van der Waals surface area (Å²) in [5.74, 6) is -1.01. The molecule has 1 aromatic carbocycles. The van der Waals surface area contributed by atoms with Gasteiger partial charge in [0.15, 0.2) is 9.84 Å². The van der Waals surface area contributed by atoms with Crippen LogP contribution in [0.2, 0.25) is 0 Å². The Bertz CT molecular complexity index is 762. The van der Waals surface area contributed by atoms with Crippen LogP contribution in [-0.4, -0.2) is 35.7 Å². The average molecular weight is 350 g/mol. The monoisotopic (exact) mass is 350 g/mol. The summed E-state index contributed by atoms with van der Waals surface area (Å²) in [6.07, 6.45) is 3.29. The van der Waals surface area contributed by atoms with E-state index in [1.807, 2.05) is 0 Å². The molecule has 0 saturated heterocycles. The van der Waals surface area contributed by atoms with E-state index in [9.17, 15) is 21.2 Å². The van der Waals surface area contributed by atoms with Crippen molar-refractivity contribution in [1.82, 2.24) is 4.72 Å². The van der Waals surface area contributed by atoms with E-state index in [0.717, 1.165) is 37.3 Å². The first-order valence-corrected chi connectivity index (χ1v) is 10.2. The molecule has 2 atom stereocenters. The first kappa shape index (κ1) is 17.3. The van der Waals surface area contributed by atoms with E-state index in [4.69, 9.17) is 5.73 Å². The standard InChI is InChI=1S/C13H19FN2O4S2/c1-21(17,18)13-6-5-10(7-11(13)14)22(19,20)16-12-4-2-3-9(12)8-15/h5-7,9,12,16H,2-4,8,15H2,1H3/t9-,12-/m1/s1. The Morgan fingerprint density at radius 1 is 1.27 bits per heavy atom. The van der Waals surface area contributed by atoms with Crippen LogP contribution in [0.25, 0.3) is 0 Å². The number of hydrogen-bond donors (Lipinski definition) is 2. The van der Waals surface area contributed by atoms with Gasteiger partial charge in [-0.25, -0.2) is 25.9 Å². The molecule has 0 spiro atoms. The van der Waals surface area contributed by atoms with Crippen molar-refractivity contribution in [2.45, 2.75) is 35.1 Å². The molecule has 0 heterocycles. The molecule has 0 aromatic heterocycles. The molecule has 0 radical (unpaired) electrons. The number of hydrogen-bond acceptors (Lipinski definition) is 5. The van der Waals surface area contributed by atoms with Crippen molar-refractivity contribution in [3.63, 3.8) is 0 Å². The number of halogens is 1. The van der Waals surface area contributed by atoms with Crippen LogP contribution in [0.1, 0.15) is 19.3 Å². The summed E-state index contributed by atoms with van der Waals surface area (Å²) in [4.78, 5) is -0.813. The molecular weight excluding hydrogens is 331 g/mol. The van der Waals surface area contributed by atoms with Gasteiger partial charge in [0, 0.05) is 12.3 Å². The van der Waals surface area contributed by atoms with Gasteiger partial charge in [0.1, 0.15) is 10.7 Å². The smallest absolute Gasteiger partial charge is 0.240 e. The lowest BCUT2D eigenvalue weighted by Gasteiger charge is -2.19. The van der Waals surface area contributed by atoms with Crippen LogP contribution in [0.3, 0.4) is 0 Å². The molecule has 6 nitrogen and oxygen atoms in total. The first-order chi connectivity index (χ1) is 10.1. The quantitative estimate of drug-likeness (QED) is 0.810. The van der Waals surface area contributed by atoms with Crippen molar-refractivity contribution in [3.8, 4) is 0 Å². The molecule has 0 amide bonds. The minimum Gasteiger partial charge on any atom is -0.330 e. The van der Waals surface area contributed by atoms with E-state index in [0.29, 0.717) is 13.0 Å². The van der Waals surface area contributed by atoms with E-state index < -0.39 is 30.6 Å². The van der Waals surface area contributed by atoms with Gasteiger partial charge < -0.3 is 5.73 Å². The molecule has 2 rings (SSSR count). The zero-order valence-electron chi connectivity index (χ0n) is 12.1. The van der Waals surface area contributed by atoms with Crippen molar-refractivity contribution in [2.75, 3.05) is 12.8 Å². The van der Waals surface area contributed by atoms with E-state index in [1.165, 1.54) is 0 Å². The SMILES string of the molecule is CS(=O)(=O)c1ccc(S(=O)(=O)N[C@@H]2CCC[C@@H]2CN)cc1F. The second-order valence-electron chi connectivity index (χ2n) is 5.52. The van der Waals surface area contributed by atoms with Gasteiger partial charge in [0.05, 0.1) is 4.90 Å². The predicted octanol–water partition coefficient (Wildman–Crippen LogP) is 0.635. The summed E-state index contributed by atoms with van der Waals surface area (Å²) in [5.41, 5.74) is 5.61. The second-order valence-corrected chi connectivity index (χ2v) is 9.22. The number of benzene rings is 1. The van der Waals surface area contributed by atoms with Gasteiger partial charge in [-0.05, 0) is 43.5 Å². The Labute approximate surface area is 129 Å². The molecule has 9 heteroatoms. The summed E-state index contributed by atoms with van der Waals surface area (Å²) in [5, 5.41) is 0. The maximum absolute atomic E-state index is 13.8. The maximum Gasteiger partial charge on any atom is 0.240 e. The number of rotatable bonds is 5. The fraction of sp³-hybridized carbons (Fsp3) is 0.538. The summed E-state index contributed by atoms with van der Waals surface area (Å²) in [7, 11) is -7.65. The highest BCUT2D eigenvalue weighted by Crippen LogP contribution is 2.27. The molecule has 22 heavy (non-hydrogen) atoms. The zero-order valence-corrected chi connectivity index (χ0v) is 13.8. The van der Waals surface area contributed by atoms with E-state index >= 15 is 0 Å². The van der Waals surface area contributed by atoms with Crippen molar-refractivity contribution in [3.05, 3.63) is 24.0 Å². The van der Waals surface area contributed by atoms with E-state index in [-0.39, 0.29) is 16.9 Å². The van der Waals surface area contributed by atoms with Crippen LogP contribution in [0.5, 0.6) is 0 Å². The molecule has 1 fully saturated rings. The molecule has 1 saturated carbocycles. The van der Waals surface area contributed by atoms with Gasteiger partial charge >= 0.3 is 0 Å². The normalized spacial score (nSPS) is 22.9. The summed E-state index contributed by atoms with van der Waals surface area (Å²) < 4.78 is 63.7. The number of nitrogens with two attached hydrogens (primary N) is 1. The van der Waals surface area contributed by atoms with Gasteiger partial charge in [-0.1, -0.05) is 6.42 Å². The van der Waals surface area contributed by atoms with E-state index in [2.05, 4.69) is 4.72 Å². The summed E-state index contributed by atoms with van der Waals surface area (Å²) in [6, 6.07) is 2.51. The highest BCUT2D eigenvalue weighted by molar-refractivity contribution is 7.90. The Morgan fingerprint density at radius 3 is 2.50 bits per heavy atom. The van der Waals surface area contributed by atoms with Gasteiger partial charge in [0.2, 0.25) is 10.0 Å². The van der Waals surface area contributed by atoms with Crippen LogP contribution in [0, 0.1) is 11.7 Å². The largest absolute Gasteiger partial charge is 0.330 e. The first-order valence-electron chi connectivity index (χ1n) is 6.87. The lowest BCUT2D eigenvalue weighted by Crippen LogP contribution is -2.39. The second kappa shape index (κ2) is 6.23. The van der Waals surface area contributed by atoms with Crippen molar-refractivity contribution in [1.29, 1.82) is 0 Å². The number of sulfonamides is 1. The van der Waals surface area contributed by atoms with Crippen LogP contribution >= 0.6 is 0 Å². The van der Waals surface area contributed by atoms with Crippen LogP contribution < -0.4 is 10.5 Å². The molecule has 1 aliphatic rings. The van der Waals surface area contributed by atoms with Crippen LogP contribution in [0.4, 0.5) is 4.39 Å². The third kappa shape index (κ3) is 3.65. The molecular formula is C13H19FN2O4S2. The number of nitrogens with one attached hydrogen (secondary N) is 1. The van der Waals surface area contributed by atoms with Gasteiger partial charge in [-0.15, -0.1) is 0 Å². The van der Waals surface area contributed by atoms with Crippen molar-refractivity contribution in [2.24, 2.45) is 11.7 Å². The highest BCUT2D eigenvalue weighted by Gasteiger charge is 2.30. The van der Waals surface area contributed by atoms with E-state index in [1.54, 1.807) is 0 Å². The minimum absolute atomic E-state index is 0.0647. The average Bonchev–Trinajstić information content (AvgIpc) is 2.83. The highest BCUT2D eigenvalue weighted by atomic mass is 32.2. The Kier molecular flexibility index (Phi) is 4.90. The zero-order chi connectivity index (χ0) is 16.5. The fourth-order valence-electron chi connectivity index (χ4n) is 2.69. The number of sulfone groups is 1. The maximum atomic E-state index is 13.8. The Balaban J connectivity index is 2.29.